The summed E-state index contributed by atoms with van der Waals surface area (Å²) in [4.78, 5) is 24.6. The first kappa shape index (κ1) is 30.5. The maximum absolute atomic E-state index is 10.3. The number of hydrogen-bond acceptors (Lipinski definition) is 12. The van der Waals surface area contributed by atoms with Gasteiger partial charge in [0, 0.05) is 17.5 Å². The van der Waals surface area contributed by atoms with Gasteiger partial charge in [-0.05, 0) is 43.9 Å². The largest absolute Gasteiger partial charge is 0.493 e. The molecular weight excluding hydrogens is 530 g/mol. The van der Waals surface area contributed by atoms with Crippen molar-refractivity contribution in [2.75, 3.05) is 27.9 Å². The lowest BCUT2D eigenvalue weighted by molar-refractivity contribution is -0.165. The highest BCUT2D eigenvalue weighted by Gasteiger charge is 2.38. The molecule has 0 radical (unpaired) electrons. The molecule has 1 aliphatic heterocycles. The van der Waals surface area contributed by atoms with Gasteiger partial charge in [-0.3, -0.25) is 4.99 Å². The second-order valence-corrected chi connectivity index (χ2v) is 9.02. The van der Waals surface area contributed by atoms with Crippen LogP contribution in [0.3, 0.4) is 0 Å². The van der Waals surface area contributed by atoms with Gasteiger partial charge in [0.25, 0.3) is 0 Å². The lowest BCUT2D eigenvalue weighted by atomic mass is 9.74. The summed E-state index contributed by atoms with van der Waals surface area (Å²) in [6, 6.07) is 5.82. The molecule has 0 saturated heterocycles. The zero-order chi connectivity index (χ0) is 29.6. The minimum absolute atomic E-state index is 0.0580. The van der Waals surface area contributed by atoms with Crippen LogP contribution < -0.4 is 18.9 Å². The summed E-state index contributed by atoms with van der Waals surface area (Å²) in [5.74, 6) is -1.34. The smallest absolute Gasteiger partial charge is 0.335 e. The fourth-order valence-corrected chi connectivity index (χ4v) is 4.64. The number of carboxylic acids is 2. The Morgan fingerprint density at radius 2 is 1.60 bits per heavy atom. The molecule has 0 spiro atoms. The molecule has 1 aromatic heterocycles. The zero-order valence-electron chi connectivity index (χ0n) is 22.5. The summed E-state index contributed by atoms with van der Waals surface area (Å²) in [6.45, 7) is 2.48. The molecule has 1 saturated carbocycles. The average Bonchev–Trinajstić information content (AvgIpc) is 2.95. The van der Waals surface area contributed by atoms with E-state index in [1.54, 1.807) is 27.4 Å². The molecular formula is C26H33N3O11. The second-order valence-electron chi connectivity index (χ2n) is 9.02. The van der Waals surface area contributed by atoms with Crippen LogP contribution in [0, 0.1) is 0 Å². The van der Waals surface area contributed by atoms with E-state index in [2.05, 4.69) is 10.2 Å². The number of nitrogens with zero attached hydrogens (tertiary/aromatic N) is 3. The van der Waals surface area contributed by atoms with Crippen LogP contribution in [0.2, 0.25) is 0 Å². The molecule has 5 N–H and O–H groups in total. The Morgan fingerprint density at radius 1 is 0.925 bits per heavy atom. The Kier molecular flexibility index (Phi) is 10.2. The van der Waals surface area contributed by atoms with E-state index in [-0.39, 0.29) is 18.1 Å². The molecule has 1 fully saturated rings. The van der Waals surface area contributed by atoms with Crippen molar-refractivity contribution in [3.8, 4) is 23.3 Å². The van der Waals surface area contributed by atoms with E-state index in [4.69, 9.17) is 44.4 Å². The number of aromatic nitrogens is 2. The van der Waals surface area contributed by atoms with Crippen molar-refractivity contribution in [2.45, 2.75) is 56.5 Å². The molecule has 218 valence electrons. The highest BCUT2D eigenvalue weighted by molar-refractivity contribution is 6.16. The van der Waals surface area contributed by atoms with Crippen LogP contribution in [-0.2, 0) is 9.59 Å². The molecule has 4 rings (SSSR count). The molecule has 0 unspecified atom stereocenters. The van der Waals surface area contributed by atoms with Crippen molar-refractivity contribution in [3.05, 3.63) is 34.9 Å². The van der Waals surface area contributed by atoms with Crippen LogP contribution in [0.1, 0.15) is 48.8 Å². The van der Waals surface area contributed by atoms with Gasteiger partial charge < -0.3 is 44.5 Å². The SMILES string of the molecule is CCOc1cc2c(cc1OC)C(c1cc(OC)nnc1OC)=N[C@@H]1CC[C@@H](O)C[C@H]21.O=C(O)[C@H](O)[C@@H](O)C(=O)O. The lowest BCUT2D eigenvalue weighted by Gasteiger charge is -2.37. The first-order valence-electron chi connectivity index (χ1n) is 12.4. The standard InChI is InChI=1S/C22H27N3O5.C4H6O6/c1-5-30-19-9-13-14-8-12(26)6-7-17(14)23-21(15(13)10-18(19)27-2)16-11-20(28-3)24-25-22(16)29-4;5-1(3(7)8)2(6)4(9)10/h9-12,14,17,26H,5-8H2,1-4H3;1-2,5-6H,(H,7,8)(H,9,10)/t12-,14-,17-;1-,2-/m11/s1. The summed E-state index contributed by atoms with van der Waals surface area (Å²) < 4.78 is 22.2. The normalized spacial score (nSPS) is 20.8. The Hall–Kier alpha value is -4.01. The molecule has 1 aromatic carbocycles. The molecule has 0 amide bonds. The van der Waals surface area contributed by atoms with E-state index in [1.807, 2.05) is 19.1 Å². The number of aliphatic imine (C=N–C) groups is 1. The average molecular weight is 564 g/mol. The van der Waals surface area contributed by atoms with Crippen LogP contribution in [-0.4, -0.2) is 106 Å². The van der Waals surface area contributed by atoms with Gasteiger partial charge in [0.15, 0.2) is 23.7 Å². The summed E-state index contributed by atoms with van der Waals surface area (Å²) in [6.07, 6.45) is -2.65. The first-order chi connectivity index (χ1) is 19.1. The summed E-state index contributed by atoms with van der Waals surface area (Å²) in [5, 5.41) is 51.0. The Balaban J connectivity index is 0.000000378. The predicted octanol–water partition coefficient (Wildman–Crippen LogP) is 0.627. The fourth-order valence-electron chi connectivity index (χ4n) is 4.64. The number of carboxylic acid groups (broad SMARTS) is 2. The van der Waals surface area contributed by atoms with E-state index in [0.29, 0.717) is 41.9 Å². The van der Waals surface area contributed by atoms with Crippen molar-refractivity contribution in [3.63, 3.8) is 0 Å². The van der Waals surface area contributed by atoms with Crippen molar-refractivity contribution < 1.29 is 54.1 Å². The van der Waals surface area contributed by atoms with E-state index in [0.717, 1.165) is 29.7 Å². The Bertz CT molecular complexity index is 1230. The highest BCUT2D eigenvalue weighted by Crippen LogP contribution is 2.45. The minimum atomic E-state index is -2.27. The molecule has 14 nitrogen and oxygen atoms in total. The van der Waals surface area contributed by atoms with E-state index < -0.39 is 24.1 Å². The van der Waals surface area contributed by atoms with Gasteiger partial charge in [-0.2, -0.15) is 0 Å². The topological polar surface area (TPSA) is 210 Å². The van der Waals surface area contributed by atoms with Crippen LogP contribution >= 0.6 is 0 Å². The van der Waals surface area contributed by atoms with Gasteiger partial charge >= 0.3 is 11.9 Å². The molecule has 5 atom stereocenters. The molecule has 40 heavy (non-hydrogen) atoms. The molecule has 2 heterocycles. The number of aliphatic carboxylic acids is 2. The van der Waals surface area contributed by atoms with Crippen molar-refractivity contribution in [1.29, 1.82) is 0 Å². The number of methoxy groups -OCH3 is 3. The van der Waals surface area contributed by atoms with Gasteiger partial charge in [0.1, 0.15) is 0 Å². The summed E-state index contributed by atoms with van der Waals surface area (Å²) in [7, 11) is 4.73. The van der Waals surface area contributed by atoms with Crippen molar-refractivity contribution in [1.82, 2.24) is 10.2 Å². The first-order valence-corrected chi connectivity index (χ1v) is 12.4. The molecule has 2 aromatic rings. The maximum Gasteiger partial charge on any atom is 0.335 e. The second kappa shape index (κ2) is 13.4. The zero-order valence-corrected chi connectivity index (χ0v) is 22.5. The Morgan fingerprint density at radius 3 is 2.15 bits per heavy atom. The third-order valence-electron chi connectivity index (χ3n) is 6.57. The number of fused-ring (bicyclic) bond motifs is 3. The quantitative estimate of drug-likeness (QED) is 0.284. The molecule has 14 heteroatoms. The number of hydrogen-bond donors (Lipinski definition) is 5. The summed E-state index contributed by atoms with van der Waals surface area (Å²) in [5.41, 5.74) is 3.47. The number of aliphatic hydroxyl groups is 3. The number of aliphatic hydroxyl groups excluding tert-OH is 3. The van der Waals surface area contributed by atoms with Crippen LogP contribution in [0.15, 0.2) is 23.2 Å². The number of carbonyl (C=O) groups is 2. The van der Waals surface area contributed by atoms with Gasteiger partial charge in [-0.1, -0.05) is 0 Å². The third-order valence-corrected chi connectivity index (χ3v) is 6.57. The van der Waals surface area contributed by atoms with Gasteiger partial charge in [0.2, 0.25) is 11.8 Å². The Labute approximate surface area is 229 Å². The van der Waals surface area contributed by atoms with E-state index in [9.17, 15) is 14.7 Å². The molecule has 2 aliphatic rings. The van der Waals surface area contributed by atoms with Crippen molar-refractivity contribution >= 4 is 17.7 Å². The minimum Gasteiger partial charge on any atom is -0.493 e. The van der Waals surface area contributed by atoms with Crippen molar-refractivity contribution in [2.24, 2.45) is 4.99 Å². The third kappa shape index (κ3) is 6.58. The lowest BCUT2D eigenvalue weighted by Crippen LogP contribution is -2.39. The highest BCUT2D eigenvalue weighted by atomic mass is 16.5. The molecule has 1 aliphatic carbocycles. The van der Waals surface area contributed by atoms with Crippen LogP contribution in [0.25, 0.3) is 0 Å². The number of rotatable bonds is 9. The molecule has 0 bridgehead atoms. The fraction of sp³-hybridized carbons (Fsp3) is 0.500. The van der Waals surface area contributed by atoms with E-state index in [1.165, 1.54) is 0 Å². The number of benzene rings is 1. The van der Waals surface area contributed by atoms with Crippen LogP contribution in [0.5, 0.6) is 23.3 Å². The van der Waals surface area contributed by atoms with Crippen LogP contribution in [0.4, 0.5) is 0 Å². The van der Waals surface area contributed by atoms with Gasteiger partial charge in [-0.15, -0.1) is 10.2 Å². The maximum atomic E-state index is 10.3. The summed E-state index contributed by atoms with van der Waals surface area (Å²) >= 11 is 0. The number of ether oxygens (including phenoxy) is 4. The monoisotopic (exact) mass is 563 g/mol. The van der Waals surface area contributed by atoms with Gasteiger partial charge in [0.05, 0.1) is 51.4 Å². The predicted molar refractivity (Wildman–Crippen MR) is 139 cm³/mol. The van der Waals surface area contributed by atoms with Gasteiger partial charge in [-0.25, -0.2) is 9.59 Å². The van der Waals surface area contributed by atoms with E-state index >= 15 is 0 Å².